The van der Waals surface area contributed by atoms with Crippen LogP contribution in [0.25, 0.3) is 11.1 Å². The Labute approximate surface area is 190 Å². The molecule has 0 fully saturated rings. The molecule has 3 aromatic rings. The number of hydrogen-bond acceptors (Lipinski definition) is 5. The van der Waals surface area contributed by atoms with Gasteiger partial charge in [0.1, 0.15) is 18.8 Å². The van der Waals surface area contributed by atoms with E-state index in [1.165, 1.54) is 12.1 Å². The Morgan fingerprint density at radius 1 is 1.00 bits per heavy atom. The SMILES string of the molecule is O=Cc1c(Cl)cccc1C(O)C(O)CNC(=O)OCC1c2ccccc2-c2ccccc21. The molecule has 7 heteroatoms. The summed E-state index contributed by atoms with van der Waals surface area (Å²) in [5.74, 6) is -0.0785. The number of aldehydes is 1. The number of nitrogens with one attached hydrogen (secondary N) is 1. The minimum atomic E-state index is -1.40. The predicted octanol–water partition coefficient (Wildman–Crippen LogP) is 4.09. The molecule has 2 unspecified atom stereocenters. The number of halogens is 1. The molecule has 2 atom stereocenters. The van der Waals surface area contributed by atoms with Gasteiger partial charge in [-0.2, -0.15) is 0 Å². The zero-order chi connectivity index (χ0) is 22.7. The van der Waals surface area contributed by atoms with E-state index in [1.807, 2.05) is 36.4 Å². The molecule has 6 nitrogen and oxygen atoms in total. The van der Waals surface area contributed by atoms with Gasteiger partial charge in [0.05, 0.1) is 5.02 Å². The van der Waals surface area contributed by atoms with Crippen molar-refractivity contribution in [2.75, 3.05) is 13.2 Å². The lowest BCUT2D eigenvalue weighted by atomic mass is 9.98. The first-order valence-corrected chi connectivity index (χ1v) is 10.6. The molecule has 32 heavy (non-hydrogen) atoms. The van der Waals surface area contributed by atoms with Crippen LogP contribution in [-0.2, 0) is 4.74 Å². The van der Waals surface area contributed by atoms with Crippen molar-refractivity contribution in [3.05, 3.63) is 94.0 Å². The molecule has 0 saturated carbocycles. The fourth-order valence-corrected chi connectivity index (χ4v) is 4.32. The topological polar surface area (TPSA) is 95.9 Å². The first-order chi connectivity index (χ1) is 15.5. The maximum Gasteiger partial charge on any atom is 0.407 e. The van der Waals surface area contributed by atoms with Crippen molar-refractivity contribution >= 4 is 24.0 Å². The number of benzene rings is 3. The monoisotopic (exact) mass is 451 g/mol. The number of carbonyl (C=O) groups is 2. The van der Waals surface area contributed by atoms with Crippen LogP contribution in [0.3, 0.4) is 0 Å². The number of rotatable bonds is 7. The Bertz CT molecular complexity index is 1100. The van der Waals surface area contributed by atoms with Gasteiger partial charge in [-0.25, -0.2) is 4.79 Å². The highest BCUT2D eigenvalue weighted by Gasteiger charge is 2.29. The summed E-state index contributed by atoms with van der Waals surface area (Å²) in [7, 11) is 0. The van der Waals surface area contributed by atoms with Gasteiger partial charge in [-0.1, -0.05) is 72.3 Å². The summed E-state index contributed by atoms with van der Waals surface area (Å²) in [6.07, 6.45) is -2.94. The molecule has 0 aliphatic heterocycles. The Balaban J connectivity index is 1.36. The molecule has 1 aliphatic rings. The number of amides is 1. The van der Waals surface area contributed by atoms with Crippen LogP contribution in [-0.4, -0.2) is 41.8 Å². The highest BCUT2D eigenvalue weighted by atomic mass is 35.5. The molecule has 3 N–H and O–H groups in total. The predicted molar refractivity (Wildman–Crippen MR) is 121 cm³/mol. The van der Waals surface area contributed by atoms with Crippen molar-refractivity contribution in [3.63, 3.8) is 0 Å². The average Bonchev–Trinajstić information content (AvgIpc) is 3.14. The Morgan fingerprint density at radius 3 is 2.25 bits per heavy atom. The van der Waals surface area contributed by atoms with E-state index in [4.69, 9.17) is 16.3 Å². The van der Waals surface area contributed by atoms with E-state index >= 15 is 0 Å². The lowest BCUT2D eigenvalue weighted by Gasteiger charge is -2.20. The summed E-state index contributed by atoms with van der Waals surface area (Å²) in [4.78, 5) is 23.5. The average molecular weight is 452 g/mol. The molecule has 3 aromatic carbocycles. The molecule has 0 spiro atoms. The standard InChI is InChI=1S/C25H22ClNO5/c26-22-11-5-10-19(20(22)13-28)24(30)23(29)12-27-25(31)32-14-21-17-8-3-1-6-15(17)16-7-2-4-9-18(16)21/h1-11,13,21,23-24,29-30H,12,14H2,(H,27,31). The van der Waals surface area contributed by atoms with Crippen molar-refractivity contribution in [2.45, 2.75) is 18.1 Å². The number of carbonyl (C=O) groups excluding carboxylic acids is 2. The number of aliphatic hydroxyl groups is 2. The number of aliphatic hydroxyl groups excluding tert-OH is 2. The zero-order valence-corrected chi connectivity index (χ0v) is 17.8. The van der Waals surface area contributed by atoms with E-state index in [9.17, 15) is 19.8 Å². The summed E-state index contributed by atoms with van der Waals surface area (Å²) >= 11 is 5.97. The molecule has 4 rings (SSSR count). The van der Waals surface area contributed by atoms with Gasteiger partial charge in [-0.05, 0) is 33.9 Å². The molecule has 0 saturated heterocycles. The smallest absolute Gasteiger partial charge is 0.407 e. The normalized spacial score (nSPS) is 14.2. The van der Waals surface area contributed by atoms with E-state index in [1.54, 1.807) is 6.07 Å². The van der Waals surface area contributed by atoms with E-state index < -0.39 is 18.3 Å². The van der Waals surface area contributed by atoms with Gasteiger partial charge < -0.3 is 20.3 Å². The maximum absolute atomic E-state index is 12.3. The summed E-state index contributed by atoms with van der Waals surface area (Å²) in [6, 6.07) is 20.6. The number of alkyl carbamates (subject to hydrolysis) is 1. The minimum absolute atomic E-state index is 0.0785. The second-order valence-corrected chi connectivity index (χ2v) is 7.99. The fourth-order valence-electron chi connectivity index (χ4n) is 4.09. The molecule has 1 aliphatic carbocycles. The van der Waals surface area contributed by atoms with Crippen LogP contribution < -0.4 is 5.32 Å². The van der Waals surface area contributed by atoms with Gasteiger partial charge in [0.25, 0.3) is 0 Å². The van der Waals surface area contributed by atoms with Gasteiger partial charge in [-0.15, -0.1) is 0 Å². The van der Waals surface area contributed by atoms with Crippen molar-refractivity contribution in [2.24, 2.45) is 0 Å². The number of fused-ring (bicyclic) bond motifs is 3. The first kappa shape index (κ1) is 22.0. The summed E-state index contributed by atoms with van der Waals surface area (Å²) in [6.45, 7) is -0.120. The molecule has 0 bridgehead atoms. The van der Waals surface area contributed by atoms with Crippen LogP contribution in [0.2, 0.25) is 5.02 Å². The molecule has 0 aromatic heterocycles. The van der Waals surface area contributed by atoms with Crippen LogP contribution >= 0.6 is 11.6 Å². The van der Waals surface area contributed by atoms with E-state index in [-0.39, 0.29) is 35.2 Å². The lowest BCUT2D eigenvalue weighted by molar-refractivity contribution is 0.0182. The molecule has 0 radical (unpaired) electrons. The van der Waals surface area contributed by atoms with Gasteiger partial charge in [0, 0.05) is 18.0 Å². The largest absolute Gasteiger partial charge is 0.449 e. The Hall–Kier alpha value is -3.19. The number of hydrogen-bond donors (Lipinski definition) is 3. The fraction of sp³-hybridized carbons (Fsp3) is 0.200. The summed E-state index contributed by atoms with van der Waals surface area (Å²) in [5, 5.41) is 23.3. The molecular weight excluding hydrogens is 430 g/mol. The van der Waals surface area contributed by atoms with Gasteiger partial charge in [0.2, 0.25) is 0 Å². The molecule has 1 amide bonds. The van der Waals surface area contributed by atoms with E-state index in [0.29, 0.717) is 6.29 Å². The van der Waals surface area contributed by atoms with Crippen molar-refractivity contribution in [1.29, 1.82) is 0 Å². The highest BCUT2D eigenvalue weighted by molar-refractivity contribution is 6.33. The van der Waals surface area contributed by atoms with Gasteiger partial charge >= 0.3 is 6.09 Å². The first-order valence-electron chi connectivity index (χ1n) is 10.2. The van der Waals surface area contributed by atoms with Gasteiger partial charge in [-0.3, -0.25) is 4.79 Å². The van der Waals surface area contributed by atoms with Crippen LogP contribution in [0, 0.1) is 0 Å². The second-order valence-electron chi connectivity index (χ2n) is 7.58. The third kappa shape index (κ3) is 4.25. The van der Waals surface area contributed by atoms with Crippen molar-refractivity contribution in [1.82, 2.24) is 5.32 Å². The van der Waals surface area contributed by atoms with Crippen LogP contribution in [0.15, 0.2) is 66.7 Å². The molecule has 164 valence electrons. The Morgan fingerprint density at radius 2 is 1.62 bits per heavy atom. The number of ether oxygens (including phenoxy) is 1. The van der Waals surface area contributed by atoms with Crippen LogP contribution in [0.5, 0.6) is 0 Å². The summed E-state index contributed by atoms with van der Waals surface area (Å²) < 4.78 is 5.42. The highest BCUT2D eigenvalue weighted by Crippen LogP contribution is 2.44. The summed E-state index contributed by atoms with van der Waals surface area (Å²) in [5.41, 5.74) is 4.74. The van der Waals surface area contributed by atoms with E-state index in [0.717, 1.165) is 22.3 Å². The molecule has 0 heterocycles. The molecular formula is C25H22ClNO5. The maximum atomic E-state index is 12.3. The third-order valence-corrected chi connectivity index (χ3v) is 6.02. The Kier molecular flexibility index (Phi) is 6.55. The zero-order valence-electron chi connectivity index (χ0n) is 17.1. The second kappa shape index (κ2) is 9.53. The van der Waals surface area contributed by atoms with Crippen LogP contribution in [0.4, 0.5) is 4.79 Å². The van der Waals surface area contributed by atoms with Crippen molar-refractivity contribution in [3.8, 4) is 11.1 Å². The third-order valence-electron chi connectivity index (χ3n) is 5.69. The van der Waals surface area contributed by atoms with Crippen LogP contribution in [0.1, 0.15) is 39.1 Å². The van der Waals surface area contributed by atoms with Gasteiger partial charge in [0.15, 0.2) is 6.29 Å². The minimum Gasteiger partial charge on any atom is -0.449 e. The van der Waals surface area contributed by atoms with Crippen molar-refractivity contribution < 1.29 is 24.5 Å². The quantitative estimate of drug-likeness (QED) is 0.470. The van der Waals surface area contributed by atoms with E-state index in [2.05, 4.69) is 17.4 Å². The lowest BCUT2D eigenvalue weighted by Crippen LogP contribution is -2.36.